The minimum Gasteiger partial charge on any atom is -0.496 e. The van der Waals surface area contributed by atoms with Crippen LogP contribution >= 0.6 is 45.9 Å². The molecule has 0 aliphatic heterocycles. The molecular weight excluding hydrogens is 1080 g/mol. The average Bonchev–Trinajstić information content (AvgIpc) is 4.12. The summed E-state index contributed by atoms with van der Waals surface area (Å²) in [6.07, 6.45) is 7.59. The van der Waals surface area contributed by atoms with E-state index in [1.54, 1.807) is 117 Å². The van der Waals surface area contributed by atoms with Crippen LogP contribution in [0.15, 0.2) is 115 Å². The Hall–Kier alpha value is -6.95. The number of nitrogens with zero attached hydrogens (tertiary/aromatic N) is 1. The number of hydrogen-bond acceptors (Lipinski definition) is 15. The van der Waals surface area contributed by atoms with E-state index < -0.39 is 23.8 Å². The van der Waals surface area contributed by atoms with Crippen LogP contribution in [0.2, 0.25) is 8.67 Å². The highest BCUT2D eigenvalue weighted by Gasteiger charge is 2.34. The molecule has 0 unspecified atom stereocenters. The first kappa shape index (κ1) is 57.2. The summed E-state index contributed by atoms with van der Waals surface area (Å²) < 4.78 is 34.9. The second-order valence-corrected chi connectivity index (χ2v) is 22.5. The van der Waals surface area contributed by atoms with E-state index in [1.807, 2.05) is 12.1 Å². The molecule has 14 nitrogen and oxygen atoms in total. The van der Waals surface area contributed by atoms with Crippen molar-refractivity contribution in [3.05, 3.63) is 156 Å². The Morgan fingerprint density at radius 2 is 1.04 bits per heavy atom. The fourth-order valence-corrected chi connectivity index (χ4v) is 11.3. The van der Waals surface area contributed by atoms with Crippen LogP contribution in [0.25, 0.3) is 6.08 Å². The van der Waals surface area contributed by atoms with Crippen molar-refractivity contribution in [2.45, 2.75) is 70.6 Å². The number of ketones is 2. The van der Waals surface area contributed by atoms with Gasteiger partial charge in [0.15, 0.2) is 11.6 Å². The monoisotopic (exact) mass is 1130 g/mol. The average molecular weight is 1140 g/mol. The summed E-state index contributed by atoms with van der Waals surface area (Å²) in [6.45, 7) is 0.608. The topological polar surface area (TPSA) is 178 Å². The molecule has 0 atom stereocenters. The van der Waals surface area contributed by atoms with Crippen LogP contribution in [-0.4, -0.2) is 69.2 Å². The van der Waals surface area contributed by atoms with Crippen molar-refractivity contribution in [3.63, 3.8) is 0 Å². The van der Waals surface area contributed by atoms with Crippen molar-refractivity contribution in [1.82, 2.24) is 0 Å². The molecule has 2 aromatic heterocycles. The zero-order valence-corrected chi connectivity index (χ0v) is 46.3. The van der Waals surface area contributed by atoms with Crippen LogP contribution in [0.3, 0.4) is 0 Å². The molecule has 2 fully saturated rings. The normalized spacial score (nSPS) is 17.2. The number of aryl methyl sites for hydroxylation is 1. The smallest absolute Gasteiger partial charge is 0.314 e. The molecule has 78 heavy (non-hydrogen) atoms. The van der Waals surface area contributed by atoms with Crippen molar-refractivity contribution < 1.29 is 62.0 Å². The maximum atomic E-state index is 13.8. The first-order chi connectivity index (χ1) is 37.6. The van der Waals surface area contributed by atoms with Gasteiger partial charge in [-0.2, -0.15) is 0 Å². The summed E-state index contributed by atoms with van der Waals surface area (Å²) in [5, 5.41) is 0. The largest absolute Gasteiger partial charge is 0.496 e. The Labute approximate surface area is 470 Å². The highest BCUT2D eigenvalue weighted by Crippen LogP contribution is 2.37. The van der Waals surface area contributed by atoms with Crippen molar-refractivity contribution in [1.29, 1.82) is 0 Å². The second kappa shape index (κ2) is 27.1. The number of carbonyl (C=O) groups is 7. The third-order valence-corrected chi connectivity index (χ3v) is 16.4. The first-order valence-electron chi connectivity index (χ1n) is 25.5. The molecule has 2 heterocycles. The second-order valence-electron chi connectivity index (χ2n) is 19.1. The standard InChI is InChI=1S/C60H57Cl2NO13S2/c1-63(44-18-24-47(25-19-44)75-59(69)39-8-6-38(7-9-39)57(67)73-45-20-4-36(5-21-45)32-33-71-2)56(66)37-14-22-46(23-15-37)74-58(68)40-10-12-41(13-11-40)60(70)76-51-35-42(16-26-48(64)52-28-30-54(61)77-52)50(72-3)34-43(51)17-27-49(65)53-29-31-55(62)78-53/h4-5,14-15,17-25,27-31,34-35,38-41H,6-13,16,26,32-33H2,1-3H3/b27-17+. The fourth-order valence-electron chi connectivity index (χ4n) is 9.33. The molecule has 4 aromatic carbocycles. The summed E-state index contributed by atoms with van der Waals surface area (Å²) in [4.78, 5) is 95.0. The van der Waals surface area contributed by atoms with Gasteiger partial charge in [0.1, 0.15) is 28.7 Å². The van der Waals surface area contributed by atoms with Crippen LogP contribution in [0.1, 0.15) is 104 Å². The van der Waals surface area contributed by atoms with Gasteiger partial charge in [0, 0.05) is 37.4 Å². The Kier molecular flexibility index (Phi) is 19.9. The van der Waals surface area contributed by atoms with Gasteiger partial charge < -0.3 is 33.3 Å². The maximum Gasteiger partial charge on any atom is 0.314 e. The predicted octanol–water partition coefficient (Wildman–Crippen LogP) is 12.9. The minimum absolute atomic E-state index is 0.1000. The molecule has 2 aliphatic rings. The summed E-state index contributed by atoms with van der Waals surface area (Å²) in [5.41, 5.74) is 3.03. The lowest BCUT2D eigenvalue weighted by molar-refractivity contribution is -0.145. The Balaban J connectivity index is 0.796. The van der Waals surface area contributed by atoms with E-state index in [0.717, 1.165) is 23.3 Å². The molecule has 0 saturated heterocycles. The molecule has 0 spiro atoms. The van der Waals surface area contributed by atoms with E-state index in [2.05, 4.69) is 0 Å². The molecule has 8 rings (SSSR count). The van der Waals surface area contributed by atoms with E-state index >= 15 is 0 Å². The number of rotatable bonds is 21. The Morgan fingerprint density at radius 1 is 0.564 bits per heavy atom. The quantitative estimate of drug-likeness (QED) is 0.0288. The number of anilines is 1. The summed E-state index contributed by atoms with van der Waals surface area (Å²) in [6, 6.07) is 30.1. The lowest BCUT2D eigenvalue weighted by Crippen LogP contribution is -2.30. The van der Waals surface area contributed by atoms with Gasteiger partial charge in [0.05, 0.1) is 55.8 Å². The number of amides is 1. The summed E-state index contributed by atoms with van der Waals surface area (Å²) in [5.74, 6) is -2.29. The van der Waals surface area contributed by atoms with E-state index in [4.69, 9.17) is 51.6 Å². The van der Waals surface area contributed by atoms with Crippen LogP contribution in [0.5, 0.6) is 28.7 Å². The molecule has 6 aromatic rings. The number of hydrogen-bond donors (Lipinski definition) is 0. The molecule has 0 N–H and O–H groups in total. The van der Waals surface area contributed by atoms with Crippen molar-refractivity contribution in [3.8, 4) is 28.7 Å². The zero-order chi connectivity index (χ0) is 55.3. The van der Waals surface area contributed by atoms with Gasteiger partial charge in [-0.1, -0.05) is 35.3 Å². The first-order valence-corrected chi connectivity index (χ1v) is 27.9. The van der Waals surface area contributed by atoms with E-state index in [-0.39, 0.29) is 65.6 Å². The molecule has 1 amide bonds. The molecule has 0 bridgehead atoms. The number of carbonyl (C=O) groups excluding carboxylic acids is 7. The predicted molar refractivity (Wildman–Crippen MR) is 299 cm³/mol. The van der Waals surface area contributed by atoms with Gasteiger partial charge in [-0.15, -0.1) is 22.7 Å². The third-order valence-electron chi connectivity index (χ3n) is 13.9. The SMILES string of the molecule is COCCc1ccc(OC(=O)C2CCC(C(=O)Oc3ccc(N(C)C(=O)c4ccc(OC(=O)C5CCC(C(=O)Oc6cc(CCC(=O)c7ccc(Cl)s7)c(OC)cc6/C=C/C(=O)c6ccc(Cl)s6)CC5)cc4)cc3)CC2)cc1. The van der Waals surface area contributed by atoms with E-state index in [9.17, 15) is 33.6 Å². The van der Waals surface area contributed by atoms with Gasteiger partial charge in [-0.3, -0.25) is 33.6 Å². The van der Waals surface area contributed by atoms with E-state index in [1.165, 1.54) is 29.4 Å². The zero-order valence-electron chi connectivity index (χ0n) is 43.2. The van der Waals surface area contributed by atoms with Crippen LogP contribution < -0.4 is 28.6 Å². The van der Waals surface area contributed by atoms with Gasteiger partial charge >= 0.3 is 23.9 Å². The summed E-state index contributed by atoms with van der Waals surface area (Å²) >= 11 is 14.5. The molecule has 406 valence electrons. The molecular formula is C60H57Cl2NO13S2. The number of ether oxygens (including phenoxy) is 6. The van der Waals surface area contributed by atoms with Gasteiger partial charge in [0.25, 0.3) is 5.91 Å². The number of halogens is 2. The number of benzene rings is 4. The van der Waals surface area contributed by atoms with E-state index in [0.29, 0.717) is 116 Å². The minimum atomic E-state index is -0.525. The van der Waals surface area contributed by atoms with Crippen molar-refractivity contribution in [2.75, 3.05) is 32.8 Å². The lowest BCUT2D eigenvalue weighted by Gasteiger charge is -2.26. The molecule has 18 heteroatoms. The highest BCUT2D eigenvalue weighted by molar-refractivity contribution is 7.18. The van der Waals surface area contributed by atoms with Crippen LogP contribution in [-0.2, 0) is 36.8 Å². The third kappa shape index (κ3) is 15.2. The summed E-state index contributed by atoms with van der Waals surface area (Å²) in [7, 11) is 4.77. The molecule has 0 radical (unpaired) electrons. The lowest BCUT2D eigenvalue weighted by atomic mass is 9.82. The van der Waals surface area contributed by atoms with Crippen molar-refractivity contribution >= 4 is 99.0 Å². The van der Waals surface area contributed by atoms with Gasteiger partial charge in [-0.05, 0) is 185 Å². The number of allylic oxidation sites excluding steroid dienone is 1. The molecule has 2 saturated carbocycles. The number of esters is 4. The van der Waals surface area contributed by atoms with Gasteiger partial charge in [-0.25, -0.2) is 0 Å². The van der Waals surface area contributed by atoms with Crippen LogP contribution in [0.4, 0.5) is 5.69 Å². The van der Waals surface area contributed by atoms with Crippen molar-refractivity contribution in [2.24, 2.45) is 23.7 Å². The van der Waals surface area contributed by atoms with Crippen LogP contribution in [0, 0.1) is 23.7 Å². The van der Waals surface area contributed by atoms with Gasteiger partial charge in [0.2, 0.25) is 0 Å². The Bertz CT molecular complexity index is 3150. The number of thiophene rings is 2. The highest BCUT2D eigenvalue weighted by atomic mass is 35.5. The Morgan fingerprint density at radius 3 is 1.51 bits per heavy atom. The number of Topliss-reactive ketones (excluding diaryl/α,β-unsaturated/α-hetero) is 1. The number of methoxy groups -OCH3 is 2. The fraction of sp³-hybridized carbons (Fsp3) is 0.317. The molecule has 2 aliphatic carbocycles. The maximum absolute atomic E-state index is 13.8.